The van der Waals surface area contributed by atoms with Crippen LogP contribution in [0.5, 0.6) is 11.5 Å². The van der Waals surface area contributed by atoms with E-state index >= 15 is 0 Å². The Bertz CT molecular complexity index is 734. The molecule has 2 N–H and O–H groups in total. The number of nitrogen functional groups attached to an aromatic ring is 1. The molecule has 0 saturated carbocycles. The summed E-state index contributed by atoms with van der Waals surface area (Å²) in [7, 11) is 0. The molecule has 0 heterocycles. The van der Waals surface area contributed by atoms with Crippen LogP contribution in [0.25, 0.3) is 0 Å². The number of halogens is 1. The van der Waals surface area contributed by atoms with E-state index in [1.54, 1.807) is 30.3 Å². The number of nitrogens with zero attached hydrogens (tertiary/aromatic N) is 2. The molecule has 0 bridgehead atoms. The van der Waals surface area contributed by atoms with Gasteiger partial charge in [-0.05, 0) is 65.4 Å². The molecular weight excluding hydrogens is 365 g/mol. The van der Waals surface area contributed by atoms with E-state index in [1.807, 2.05) is 13.0 Å². The number of benzene rings is 2. The summed E-state index contributed by atoms with van der Waals surface area (Å²) < 4.78 is 6.53. The van der Waals surface area contributed by atoms with Gasteiger partial charge < -0.3 is 10.5 Å². The fourth-order valence-electron chi connectivity index (χ4n) is 1.73. The topological polar surface area (TPSA) is 82.8 Å². The van der Waals surface area contributed by atoms with Gasteiger partial charge >= 0.3 is 0 Å². The molecule has 2 rings (SSSR count). The lowest BCUT2D eigenvalue weighted by molar-refractivity contribution is 0.481. The van der Waals surface area contributed by atoms with Gasteiger partial charge in [0.05, 0.1) is 32.5 Å². The quantitative estimate of drug-likeness (QED) is 0.641. The van der Waals surface area contributed by atoms with E-state index in [9.17, 15) is 0 Å². The van der Waals surface area contributed by atoms with E-state index in [4.69, 9.17) is 21.0 Å². The second-order valence-electron chi connectivity index (χ2n) is 4.18. The predicted octanol–water partition coefficient (Wildman–Crippen LogP) is 3.72. The second kappa shape index (κ2) is 5.81. The average molecular weight is 375 g/mol. The Morgan fingerprint density at radius 2 is 1.90 bits per heavy atom. The summed E-state index contributed by atoms with van der Waals surface area (Å²) in [6.07, 6.45) is 0. The number of nitrogens with two attached hydrogens (primary N) is 1. The van der Waals surface area contributed by atoms with E-state index in [0.717, 1.165) is 9.13 Å². The van der Waals surface area contributed by atoms with Crippen molar-refractivity contribution < 1.29 is 4.74 Å². The molecule has 0 fully saturated rings. The molecule has 0 radical (unpaired) electrons. The van der Waals surface area contributed by atoms with Gasteiger partial charge in [0.25, 0.3) is 0 Å². The number of hydrogen-bond donors (Lipinski definition) is 1. The first kappa shape index (κ1) is 14.2. The number of aryl methyl sites for hydroxylation is 1. The van der Waals surface area contributed by atoms with Crippen LogP contribution in [-0.2, 0) is 0 Å². The molecule has 0 aromatic heterocycles. The Balaban J connectivity index is 2.39. The Kier molecular flexibility index (Phi) is 4.11. The van der Waals surface area contributed by atoms with Crippen LogP contribution in [0.1, 0.15) is 16.7 Å². The number of anilines is 1. The minimum absolute atomic E-state index is 0.412. The highest BCUT2D eigenvalue weighted by Gasteiger charge is 2.10. The van der Waals surface area contributed by atoms with Crippen LogP contribution in [0.3, 0.4) is 0 Å². The second-order valence-corrected chi connectivity index (χ2v) is 5.34. The lowest BCUT2D eigenvalue weighted by Crippen LogP contribution is -1.96. The number of rotatable bonds is 2. The summed E-state index contributed by atoms with van der Waals surface area (Å²) in [6, 6.07) is 12.7. The molecule has 0 aliphatic heterocycles. The number of hydrogen-bond acceptors (Lipinski definition) is 4. The van der Waals surface area contributed by atoms with Gasteiger partial charge in [-0.15, -0.1) is 0 Å². The molecule has 0 atom stereocenters. The highest BCUT2D eigenvalue weighted by atomic mass is 127. The Morgan fingerprint density at radius 3 is 2.45 bits per heavy atom. The van der Waals surface area contributed by atoms with Crippen molar-refractivity contribution in [2.45, 2.75) is 6.92 Å². The number of nitriles is 2. The van der Waals surface area contributed by atoms with E-state index in [1.165, 1.54) is 0 Å². The molecule has 0 aliphatic rings. The molecule has 4 nitrogen and oxygen atoms in total. The highest BCUT2D eigenvalue weighted by molar-refractivity contribution is 14.1. The predicted molar refractivity (Wildman–Crippen MR) is 84.3 cm³/mol. The third kappa shape index (κ3) is 2.84. The molecule has 0 amide bonds. The zero-order valence-corrected chi connectivity index (χ0v) is 12.8. The zero-order valence-electron chi connectivity index (χ0n) is 10.6. The monoisotopic (exact) mass is 375 g/mol. The largest absolute Gasteiger partial charge is 0.454 e. The Hall–Kier alpha value is -2.25. The minimum atomic E-state index is 0.412. The zero-order chi connectivity index (χ0) is 14.7. The summed E-state index contributed by atoms with van der Waals surface area (Å²) in [5, 5.41) is 17.8. The van der Waals surface area contributed by atoms with Gasteiger partial charge in [0.15, 0.2) is 5.75 Å². The van der Waals surface area contributed by atoms with E-state index in [0.29, 0.717) is 28.3 Å². The Labute approximate surface area is 130 Å². The van der Waals surface area contributed by atoms with Crippen molar-refractivity contribution >= 4 is 28.3 Å². The average Bonchev–Trinajstić information content (AvgIpc) is 2.42. The molecule has 20 heavy (non-hydrogen) atoms. The highest BCUT2D eigenvalue weighted by Crippen LogP contribution is 2.34. The van der Waals surface area contributed by atoms with Crippen molar-refractivity contribution in [2.24, 2.45) is 0 Å². The summed E-state index contributed by atoms with van der Waals surface area (Å²) in [4.78, 5) is 0. The van der Waals surface area contributed by atoms with Gasteiger partial charge in [-0.3, -0.25) is 0 Å². The van der Waals surface area contributed by atoms with Gasteiger partial charge in [0.1, 0.15) is 5.75 Å². The smallest absolute Gasteiger partial charge is 0.163 e. The summed E-state index contributed by atoms with van der Waals surface area (Å²) >= 11 is 2.08. The van der Waals surface area contributed by atoms with E-state index in [-0.39, 0.29) is 0 Å². The molecular formula is C15H10IN3O. The van der Waals surface area contributed by atoms with Gasteiger partial charge in [0, 0.05) is 0 Å². The van der Waals surface area contributed by atoms with Crippen molar-refractivity contribution in [1.29, 1.82) is 10.5 Å². The first-order valence-electron chi connectivity index (χ1n) is 5.73. The Morgan fingerprint density at radius 1 is 1.15 bits per heavy atom. The molecule has 0 saturated heterocycles. The maximum Gasteiger partial charge on any atom is 0.163 e. The van der Waals surface area contributed by atoms with Crippen LogP contribution < -0.4 is 10.5 Å². The van der Waals surface area contributed by atoms with Crippen LogP contribution in [0.15, 0.2) is 30.3 Å². The standard InChI is InChI=1S/C15H10IN3O/c1-9-4-12(3-2-11(9)8-18)20-15-13(16)5-10(7-17)6-14(15)19/h2-6H,19H2,1H3. The van der Waals surface area contributed by atoms with Crippen LogP contribution in [0, 0.1) is 33.2 Å². The molecule has 0 aliphatic carbocycles. The van der Waals surface area contributed by atoms with Crippen molar-refractivity contribution in [3.8, 4) is 23.6 Å². The molecule has 98 valence electrons. The van der Waals surface area contributed by atoms with Crippen molar-refractivity contribution in [3.05, 3.63) is 50.6 Å². The van der Waals surface area contributed by atoms with Crippen molar-refractivity contribution in [3.63, 3.8) is 0 Å². The SMILES string of the molecule is Cc1cc(Oc2c(N)cc(C#N)cc2I)ccc1C#N. The minimum Gasteiger partial charge on any atom is -0.454 e. The van der Waals surface area contributed by atoms with Gasteiger partial charge in [-0.1, -0.05) is 0 Å². The molecule has 2 aromatic carbocycles. The van der Waals surface area contributed by atoms with E-state index in [2.05, 4.69) is 28.7 Å². The summed E-state index contributed by atoms with van der Waals surface area (Å²) in [5.74, 6) is 1.13. The first-order chi connectivity index (χ1) is 9.55. The third-order valence-corrected chi connectivity index (χ3v) is 3.54. The summed E-state index contributed by atoms with van der Waals surface area (Å²) in [5.41, 5.74) is 8.27. The van der Waals surface area contributed by atoms with Crippen molar-refractivity contribution in [1.82, 2.24) is 0 Å². The first-order valence-corrected chi connectivity index (χ1v) is 6.80. The lowest BCUT2D eigenvalue weighted by atomic mass is 10.1. The number of ether oxygens (including phenoxy) is 1. The molecule has 5 heteroatoms. The van der Waals surface area contributed by atoms with Gasteiger partial charge in [0.2, 0.25) is 0 Å². The molecule has 2 aromatic rings. The van der Waals surface area contributed by atoms with Crippen LogP contribution >= 0.6 is 22.6 Å². The molecule has 0 unspecified atom stereocenters. The van der Waals surface area contributed by atoms with Crippen molar-refractivity contribution in [2.75, 3.05) is 5.73 Å². The van der Waals surface area contributed by atoms with Crippen LogP contribution in [-0.4, -0.2) is 0 Å². The van der Waals surface area contributed by atoms with E-state index < -0.39 is 0 Å². The van der Waals surface area contributed by atoms with Crippen LogP contribution in [0.2, 0.25) is 0 Å². The fourth-order valence-corrected chi connectivity index (χ4v) is 2.49. The van der Waals surface area contributed by atoms with Gasteiger partial charge in [-0.2, -0.15) is 10.5 Å². The maximum absolute atomic E-state index is 8.90. The molecule has 0 spiro atoms. The summed E-state index contributed by atoms with van der Waals surface area (Å²) in [6.45, 7) is 1.85. The van der Waals surface area contributed by atoms with Gasteiger partial charge in [-0.25, -0.2) is 0 Å². The lowest BCUT2D eigenvalue weighted by Gasteiger charge is -2.11. The fraction of sp³-hybridized carbons (Fsp3) is 0.0667. The van der Waals surface area contributed by atoms with Crippen LogP contribution in [0.4, 0.5) is 5.69 Å². The normalized spacial score (nSPS) is 9.60. The maximum atomic E-state index is 8.90. The third-order valence-electron chi connectivity index (χ3n) is 2.74.